The number of cyclic esters (lactones) is 1. The van der Waals surface area contributed by atoms with Crippen molar-refractivity contribution in [1.29, 1.82) is 0 Å². The Kier molecular flexibility index (Phi) is 5.75. The predicted octanol–water partition coefficient (Wildman–Crippen LogP) is 2.68. The molecule has 17 heavy (non-hydrogen) atoms. The van der Waals surface area contributed by atoms with Crippen molar-refractivity contribution >= 4 is 6.09 Å². The Morgan fingerprint density at radius 1 is 1.24 bits per heavy atom. The van der Waals surface area contributed by atoms with Gasteiger partial charge in [0.2, 0.25) is 0 Å². The van der Waals surface area contributed by atoms with Crippen LogP contribution in [0.15, 0.2) is 0 Å². The minimum absolute atomic E-state index is 0. The topological polar surface area (TPSA) is 47.6 Å². The summed E-state index contributed by atoms with van der Waals surface area (Å²) in [6, 6.07) is 0.220. The van der Waals surface area contributed by atoms with Crippen LogP contribution >= 0.6 is 0 Å². The molecule has 1 N–H and O–H groups in total. The second-order valence-electron chi connectivity index (χ2n) is 5.46. The first kappa shape index (κ1) is 14.3. The molecule has 0 radical (unpaired) electrons. The summed E-state index contributed by atoms with van der Waals surface area (Å²) in [6.45, 7) is 11.1. The fourth-order valence-corrected chi connectivity index (χ4v) is 1.84. The highest BCUT2D eigenvalue weighted by Gasteiger charge is 2.24. The molecule has 0 spiro atoms. The van der Waals surface area contributed by atoms with Gasteiger partial charge in [0.25, 0.3) is 0 Å². The van der Waals surface area contributed by atoms with Gasteiger partial charge in [-0.05, 0) is 24.2 Å². The first-order valence-corrected chi connectivity index (χ1v) is 6.51. The van der Waals surface area contributed by atoms with Crippen LogP contribution in [0.3, 0.4) is 0 Å². The van der Waals surface area contributed by atoms with Crippen LogP contribution in [0.25, 0.3) is 0 Å². The summed E-state index contributed by atoms with van der Waals surface area (Å²) in [5.41, 5.74) is 0. The molecule has 4 nitrogen and oxygen atoms in total. The number of alkyl carbamates (subject to hydrolysis) is 1. The number of hydrogen-bond donors (Lipinski definition) is 1. The molecule has 0 aromatic rings. The van der Waals surface area contributed by atoms with Crippen LogP contribution in [-0.2, 0) is 9.47 Å². The number of ether oxygens (including phenoxy) is 2. The first-order chi connectivity index (χ1) is 8.00. The van der Waals surface area contributed by atoms with Gasteiger partial charge in [-0.3, -0.25) is 0 Å². The Balaban J connectivity index is 0.000000306. The summed E-state index contributed by atoms with van der Waals surface area (Å²) in [5.74, 6) is 2.13. The summed E-state index contributed by atoms with van der Waals surface area (Å²) < 4.78 is 9.90. The zero-order valence-electron chi connectivity index (χ0n) is 11.4. The average Bonchev–Trinajstić information content (AvgIpc) is 2.87. The molecule has 0 saturated carbocycles. The van der Waals surface area contributed by atoms with Crippen LogP contribution < -0.4 is 5.32 Å². The van der Waals surface area contributed by atoms with Crippen LogP contribution in [0.1, 0.15) is 35.5 Å². The lowest BCUT2D eigenvalue weighted by atomic mass is 9.96. The van der Waals surface area contributed by atoms with E-state index >= 15 is 0 Å². The highest BCUT2D eigenvalue weighted by molar-refractivity contribution is 5.69. The minimum Gasteiger partial charge on any atom is -0.447 e. The van der Waals surface area contributed by atoms with Crippen molar-refractivity contribution in [2.24, 2.45) is 17.8 Å². The van der Waals surface area contributed by atoms with Crippen LogP contribution in [0.5, 0.6) is 0 Å². The van der Waals surface area contributed by atoms with Gasteiger partial charge in [-0.1, -0.05) is 27.7 Å². The number of hydrogen-bond acceptors (Lipinski definition) is 3. The predicted molar refractivity (Wildman–Crippen MR) is 69.0 cm³/mol. The van der Waals surface area contributed by atoms with E-state index in [4.69, 9.17) is 4.74 Å². The minimum atomic E-state index is -0.284. The third-order valence-electron chi connectivity index (χ3n) is 3.41. The van der Waals surface area contributed by atoms with Crippen LogP contribution in [-0.4, -0.2) is 32.0 Å². The van der Waals surface area contributed by atoms with Gasteiger partial charge in [0.05, 0.1) is 6.04 Å². The molecule has 2 fully saturated rings. The van der Waals surface area contributed by atoms with Gasteiger partial charge < -0.3 is 14.8 Å². The fourth-order valence-electron chi connectivity index (χ4n) is 1.84. The molecule has 0 aromatic heterocycles. The molecule has 2 heterocycles. The summed E-state index contributed by atoms with van der Waals surface area (Å²) in [7, 11) is 0. The maximum atomic E-state index is 10.4. The molecule has 4 heteroatoms. The molecular weight excluding hydrogens is 218 g/mol. The molecule has 0 bridgehead atoms. The van der Waals surface area contributed by atoms with Crippen LogP contribution in [0.2, 0.25) is 0 Å². The van der Waals surface area contributed by atoms with E-state index in [-0.39, 0.29) is 13.6 Å². The lowest BCUT2D eigenvalue weighted by Crippen LogP contribution is -2.30. The molecule has 2 aliphatic rings. The third kappa shape index (κ3) is 4.94. The Bertz CT molecular complexity index is 240. The largest absolute Gasteiger partial charge is 0.447 e. The van der Waals surface area contributed by atoms with Gasteiger partial charge in [-0.2, -0.15) is 0 Å². The van der Waals surface area contributed by atoms with Crippen molar-refractivity contribution in [3.63, 3.8) is 0 Å². The number of carbonyl (C=O) groups excluding carboxylic acids is 1. The Morgan fingerprint density at radius 3 is 2.18 bits per heavy atom. The van der Waals surface area contributed by atoms with Gasteiger partial charge in [0, 0.05) is 14.6 Å². The summed E-state index contributed by atoms with van der Waals surface area (Å²) in [6.07, 6.45) is 0.992. The third-order valence-corrected chi connectivity index (χ3v) is 3.41. The zero-order chi connectivity index (χ0) is 12.8. The van der Waals surface area contributed by atoms with Crippen molar-refractivity contribution in [1.82, 2.24) is 5.32 Å². The van der Waals surface area contributed by atoms with Gasteiger partial charge in [0.1, 0.15) is 6.61 Å². The molecular formula is C13H27NO3. The molecule has 0 aliphatic carbocycles. The molecule has 2 aliphatic heterocycles. The van der Waals surface area contributed by atoms with Gasteiger partial charge in [0.15, 0.2) is 0 Å². The van der Waals surface area contributed by atoms with E-state index in [1.54, 1.807) is 0 Å². The van der Waals surface area contributed by atoms with E-state index in [0.29, 0.717) is 12.5 Å². The van der Waals surface area contributed by atoms with E-state index < -0.39 is 0 Å². The SMILES string of the molecule is CC(C)C1CCOC1.CC(C)C1COC(=O)N1.[HH]. The fraction of sp³-hybridized carbons (Fsp3) is 0.923. The zero-order valence-corrected chi connectivity index (χ0v) is 11.4. The number of nitrogens with one attached hydrogen (secondary N) is 1. The van der Waals surface area contributed by atoms with E-state index in [1.807, 2.05) is 0 Å². The van der Waals surface area contributed by atoms with Crippen LogP contribution in [0, 0.1) is 17.8 Å². The normalized spacial score (nSPS) is 27.8. The second-order valence-corrected chi connectivity index (χ2v) is 5.46. The summed E-state index contributed by atoms with van der Waals surface area (Å²) >= 11 is 0. The standard InChI is InChI=1S/C7H14O.C6H11NO2.H2/c1-6(2)7-3-4-8-5-7;1-4(2)5-3-9-6(8)7-5;/h6-7H,3-5H2,1-2H3;4-5H,3H2,1-2H3,(H,7,8);1H. The van der Waals surface area contributed by atoms with Gasteiger partial charge in [-0.15, -0.1) is 0 Å². The Labute approximate surface area is 106 Å². The van der Waals surface area contributed by atoms with Crippen molar-refractivity contribution in [3.05, 3.63) is 0 Å². The van der Waals surface area contributed by atoms with Crippen molar-refractivity contribution in [2.45, 2.75) is 40.2 Å². The van der Waals surface area contributed by atoms with E-state index in [0.717, 1.165) is 25.0 Å². The first-order valence-electron chi connectivity index (χ1n) is 6.51. The highest BCUT2D eigenvalue weighted by atomic mass is 16.6. The maximum Gasteiger partial charge on any atom is 0.407 e. The second kappa shape index (κ2) is 6.84. The van der Waals surface area contributed by atoms with Crippen molar-refractivity contribution < 1.29 is 15.7 Å². The molecule has 0 aromatic carbocycles. The highest BCUT2D eigenvalue weighted by Crippen LogP contribution is 2.20. The van der Waals surface area contributed by atoms with E-state index in [9.17, 15) is 4.79 Å². The molecule has 2 unspecified atom stereocenters. The van der Waals surface area contributed by atoms with Crippen molar-refractivity contribution in [2.75, 3.05) is 19.8 Å². The average molecular weight is 245 g/mol. The van der Waals surface area contributed by atoms with E-state index in [1.165, 1.54) is 6.42 Å². The lowest BCUT2D eigenvalue weighted by Gasteiger charge is -2.09. The van der Waals surface area contributed by atoms with Crippen LogP contribution in [0.4, 0.5) is 4.79 Å². The maximum absolute atomic E-state index is 10.4. The summed E-state index contributed by atoms with van der Waals surface area (Å²) in [5, 5.41) is 2.69. The van der Waals surface area contributed by atoms with Gasteiger partial charge in [-0.25, -0.2) is 4.79 Å². The van der Waals surface area contributed by atoms with Gasteiger partial charge >= 0.3 is 6.09 Å². The summed E-state index contributed by atoms with van der Waals surface area (Å²) in [4.78, 5) is 10.4. The smallest absolute Gasteiger partial charge is 0.407 e. The number of carbonyl (C=O) groups is 1. The van der Waals surface area contributed by atoms with Crippen molar-refractivity contribution in [3.8, 4) is 0 Å². The number of rotatable bonds is 2. The molecule has 1 amide bonds. The molecule has 2 atom stereocenters. The lowest BCUT2D eigenvalue weighted by molar-refractivity contribution is 0.175. The Morgan fingerprint density at radius 2 is 1.94 bits per heavy atom. The monoisotopic (exact) mass is 245 g/mol. The Hall–Kier alpha value is -0.770. The quantitative estimate of drug-likeness (QED) is 0.813. The molecule has 2 saturated heterocycles. The number of amides is 1. The molecule has 102 valence electrons. The van der Waals surface area contributed by atoms with E-state index in [2.05, 4.69) is 37.7 Å². The molecule has 2 rings (SSSR count).